The summed E-state index contributed by atoms with van der Waals surface area (Å²) < 4.78 is 0. The topological polar surface area (TPSA) is 74.7 Å². The van der Waals surface area contributed by atoms with Crippen molar-refractivity contribution in [3.8, 4) is 0 Å². The molecule has 0 amide bonds. The molecular formula is C16H20N4O. The van der Waals surface area contributed by atoms with Gasteiger partial charge in [-0.25, -0.2) is 0 Å². The van der Waals surface area contributed by atoms with Gasteiger partial charge in [-0.3, -0.25) is 4.98 Å². The van der Waals surface area contributed by atoms with Gasteiger partial charge in [0.05, 0.1) is 0 Å². The van der Waals surface area contributed by atoms with E-state index in [0.717, 1.165) is 18.7 Å². The number of pyridine rings is 1. The molecule has 2 rings (SSSR count). The monoisotopic (exact) mass is 284 g/mol. The van der Waals surface area contributed by atoms with Gasteiger partial charge in [-0.05, 0) is 43.2 Å². The second-order valence-corrected chi connectivity index (χ2v) is 4.84. The number of nitrogens with two attached hydrogens (primary N) is 1. The number of rotatable bonds is 5. The standard InChI is InChI=1S/C16H20N4O/c1-3-20(15-7-5-4-6-12(15)2)11-13-8-9-18-14(10-13)16(17)19-21/h4-10,21H,3,11H2,1-2H3,(H2,17,19). The second kappa shape index (κ2) is 6.74. The Bertz CT molecular complexity index is 640. The molecule has 0 atom stereocenters. The number of aryl methyl sites for hydroxylation is 1. The van der Waals surface area contributed by atoms with Crippen molar-refractivity contribution in [1.29, 1.82) is 0 Å². The van der Waals surface area contributed by atoms with Crippen LogP contribution in [-0.2, 0) is 6.54 Å². The van der Waals surface area contributed by atoms with Crippen molar-refractivity contribution in [3.05, 3.63) is 59.4 Å². The van der Waals surface area contributed by atoms with Crippen LogP contribution in [0.1, 0.15) is 23.7 Å². The van der Waals surface area contributed by atoms with Gasteiger partial charge in [-0.2, -0.15) is 0 Å². The van der Waals surface area contributed by atoms with Gasteiger partial charge < -0.3 is 15.8 Å². The molecule has 1 aromatic heterocycles. The summed E-state index contributed by atoms with van der Waals surface area (Å²) in [7, 11) is 0. The Labute approximate surface area is 124 Å². The average molecular weight is 284 g/mol. The van der Waals surface area contributed by atoms with Gasteiger partial charge in [0.15, 0.2) is 5.84 Å². The van der Waals surface area contributed by atoms with Crippen LogP contribution in [0.25, 0.3) is 0 Å². The van der Waals surface area contributed by atoms with Crippen LogP contribution in [-0.4, -0.2) is 22.6 Å². The number of benzene rings is 1. The molecule has 0 fully saturated rings. The summed E-state index contributed by atoms with van der Waals surface area (Å²) in [5, 5.41) is 11.7. The molecule has 3 N–H and O–H groups in total. The molecule has 0 aliphatic heterocycles. The van der Waals surface area contributed by atoms with E-state index in [-0.39, 0.29) is 5.84 Å². The molecule has 0 aliphatic rings. The summed E-state index contributed by atoms with van der Waals surface area (Å²) in [6.45, 7) is 5.87. The van der Waals surface area contributed by atoms with Crippen molar-refractivity contribution in [3.63, 3.8) is 0 Å². The average Bonchev–Trinajstić information content (AvgIpc) is 2.53. The molecule has 0 radical (unpaired) electrons. The number of para-hydroxylation sites is 1. The lowest BCUT2D eigenvalue weighted by molar-refractivity contribution is 0.318. The highest BCUT2D eigenvalue weighted by molar-refractivity contribution is 5.95. The summed E-state index contributed by atoms with van der Waals surface area (Å²) in [6.07, 6.45) is 1.67. The number of aromatic nitrogens is 1. The van der Waals surface area contributed by atoms with E-state index in [4.69, 9.17) is 10.9 Å². The predicted octanol–water partition coefficient (Wildman–Crippen LogP) is 2.51. The van der Waals surface area contributed by atoms with Crippen molar-refractivity contribution in [1.82, 2.24) is 4.98 Å². The number of oxime groups is 1. The van der Waals surface area contributed by atoms with Gasteiger partial charge >= 0.3 is 0 Å². The number of nitrogens with zero attached hydrogens (tertiary/aromatic N) is 3. The van der Waals surface area contributed by atoms with Gasteiger partial charge in [0.2, 0.25) is 0 Å². The largest absolute Gasteiger partial charge is 0.409 e. The second-order valence-electron chi connectivity index (χ2n) is 4.84. The molecule has 5 nitrogen and oxygen atoms in total. The number of anilines is 1. The van der Waals surface area contributed by atoms with Crippen LogP contribution in [0.5, 0.6) is 0 Å². The molecule has 110 valence electrons. The number of amidine groups is 1. The molecule has 1 heterocycles. The minimum absolute atomic E-state index is 0.0239. The summed E-state index contributed by atoms with van der Waals surface area (Å²) in [5.41, 5.74) is 9.59. The molecule has 0 bridgehead atoms. The van der Waals surface area contributed by atoms with Gasteiger partial charge in [-0.1, -0.05) is 23.4 Å². The molecule has 0 saturated carbocycles. The third kappa shape index (κ3) is 3.51. The van der Waals surface area contributed by atoms with Crippen LogP contribution >= 0.6 is 0 Å². The number of hydrogen-bond donors (Lipinski definition) is 2. The minimum Gasteiger partial charge on any atom is -0.409 e. The molecule has 2 aromatic rings. The van der Waals surface area contributed by atoms with E-state index < -0.39 is 0 Å². The van der Waals surface area contributed by atoms with Crippen LogP contribution in [0.4, 0.5) is 5.69 Å². The van der Waals surface area contributed by atoms with Crippen molar-refractivity contribution in [2.75, 3.05) is 11.4 Å². The molecule has 0 aliphatic carbocycles. The van der Waals surface area contributed by atoms with E-state index in [1.165, 1.54) is 11.3 Å². The maximum Gasteiger partial charge on any atom is 0.188 e. The van der Waals surface area contributed by atoms with Gasteiger partial charge in [0.1, 0.15) is 5.69 Å². The summed E-state index contributed by atoms with van der Waals surface area (Å²) in [5.74, 6) is 0.0239. The molecule has 1 aromatic carbocycles. The third-order valence-corrected chi connectivity index (χ3v) is 3.41. The maximum atomic E-state index is 8.73. The fraction of sp³-hybridized carbons (Fsp3) is 0.250. The Morgan fingerprint density at radius 2 is 2.10 bits per heavy atom. The van der Waals surface area contributed by atoms with E-state index in [1.807, 2.05) is 24.3 Å². The lowest BCUT2D eigenvalue weighted by Crippen LogP contribution is -2.23. The zero-order valence-electron chi connectivity index (χ0n) is 12.3. The van der Waals surface area contributed by atoms with E-state index in [2.05, 4.69) is 41.0 Å². The van der Waals surface area contributed by atoms with Crippen LogP contribution in [0.2, 0.25) is 0 Å². The Morgan fingerprint density at radius 3 is 2.76 bits per heavy atom. The number of hydrogen-bond acceptors (Lipinski definition) is 4. The van der Waals surface area contributed by atoms with Crippen LogP contribution in [0, 0.1) is 6.92 Å². The van der Waals surface area contributed by atoms with E-state index >= 15 is 0 Å². The molecule has 0 spiro atoms. The molecule has 0 saturated heterocycles. The van der Waals surface area contributed by atoms with Gasteiger partial charge in [0.25, 0.3) is 0 Å². The SMILES string of the molecule is CCN(Cc1ccnc(C(N)=NO)c1)c1ccccc1C. The Balaban J connectivity index is 2.25. The zero-order valence-corrected chi connectivity index (χ0v) is 12.3. The Kier molecular flexibility index (Phi) is 4.77. The van der Waals surface area contributed by atoms with Crippen molar-refractivity contribution >= 4 is 11.5 Å². The summed E-state index contributed by atoms with van der Waals surface area (Å²) >= 11 is 0. The van der Waals surface area contributed by atoms with Crippen LogP contribution < -0.4 is 10.6 Å². The van der Waals surface area contributed by atoms with Gasteiger partial charge in [-0.15, -0.1) is 0 Å². The normalized spacial score (nSPS) is 11.4. The van der Waals surface area contributed by atoms with Crippen LogP contribution in [0.15, 0.2) is 47.8 Å². The fourth-order valence-corrected chi connectivity index (χ4v) is 2.27. The van der Waals surface area contributed by atoms with Crippen molar-refractivity contribution in [2.24, 2.45) is 10.9 Å². The Morgan fingerprint density at radius 1 is 1.33 bits per heavy atom. The first kappa shape index (κ1) is 14.8. The van der Waals surface area contributed by atoms with Gasteiger partial charge in [0, 0.05) is 25.0 Å². The molecular weight excluding hydrogens is 264 g/mol. The first-order valence-corrected chi connectivity index (χ1v) is 6.89. The Hall–Kier alpha value is -2.56. The van der Waals surface area contributed by atoms with Crippen molar-refractivity contribution in [2.45, 2.75) is 20.4 Å². The maximum absolute atomic E-state index is 8.73. The molecule has 0 unspecified atom stereocenters. The van der Waals surface area contributed by atoms with Crippen LogP contribution in [0.3, 0.4) is 0 Å². The highest BCUT2D eigenvalue weighted by atomic mass is 16.4. The smallest absolute Gasteiger partial charge is 0.188 e. The zero-order chi connectivity index (χ0) is 15.2. The lowest BCUT2D eigenvalue weighted by Gasteiger charge is -2.25. The lowest BCUT2D eigenvalue weighted by atomic mass is 10.1. The molecule has 5 heteroatoms. The quantitative estimate of drug-likeness (QED) is 0.383. The fourth-order valence-electron chi connectivity index (χ4n) is 2.27. The van der Waals surface area contributed by atoms with E-state index in [0.29, 0.717) is 5.69 Å². The highest BCUT2D eigenvalue weighted by Crippen LogP contribution is 2.21. The molecule has 21 heavy (non-hydrogen) atoms. The minimum atomic E-state index is 0.0239. The first-order chi connectivity index (χ1) is 10.2. The first-order valence-electron chi connectivity index (χ1n) is 6.89. The predicted molar refractivity (Wildman–Crippen MR) is 84.7 cm³/mol. The van der Waals surface area contributed by atoms with E-state index in [1.54, 1.807) is 6.20 Å². The summed E-state index contributed by atoms with van der Waals surface area (Å²) in [6, 6.07) is 12.1. The van der Waals surface area contributed by atoms with E-state index in [9.17, 15) is 0 Å². The van der Waals surface area contributed by atoms with Crippen molar-refractivity contribution < 1.29 is 5.21 Å². The third-order valence-electron chi connectivity index (χ3n) is 3.41. The summed E-state index contributed by atoms with van der Waals surface area (Å²) in [4.78, 5) is 6.38. The highest BCUT2D eigenvalue weighted by Gasteiger charge is 2.09.